The molecule has 2 aliphatic heterocycles. The van der Waals surface area contributed by atoms with Gasteiger partial charge in [-0.3, -0.25) is 9.69 Å². The summed E-state index contributed by atoms with van der Waals surface area (Å²) in [5.41, 5.74) is -0.251. The quantitative estimate of drug-likeness (QED) is 0.151. The summed E-state index contributed by atoms with van der Waals surface area (Å²) in [6.45, 7) is 0.431. The van der Waals surface area contributed by atoms with Gasteiger partial charge in [0.15, 0.2) is 6.20 Å². The van der Waals surface area contributed by atoms with Gasteiger partial charge in [0.05, 0.1) is 24.7 Å². The Bertz CT molecular complexity index is 899. The minimum Gasteiger partial charge on any atom is -0.394 e. The fraction of sp³-hybridized carbons (Fsp3) is 0.600. The smallest absolute Gasteiger partial charge is 0.394 e. The molecule has 17 nitrogen and oxygen atoms in total. The molecule has 0 aromatic heterocycles. The normalized spacial score (nSPS) is 34.1. The second-order valence-corrected chi connectivity index (χ2v) is 10.4. The Balaban J connectivity index is 2.43. The van der Waals surface area contributed by atoms with Crippen LogP contribution in [0.15, 0.2) is 11.8 Å². The fourth-order valence-corrected chi connectivity index (χ4v) is 5.79. The fourth-order valence-electron chi connectivity index (χ4n) is 2.60. The molecule has 2 heterocycles. The van der Waals surface area contributed by atoms with Crippen LogP contribution in [0.1, 0.15) is 13.3 Å². The number of hydrogen-bond donors (Lipinski definition) is 7. The van der Waals surface area contributed by atoms with Crippen molar-refractivity contribution in [2.45, 2.75) is 31.8 Å². The van der Waals surface area contributed by atoms with Crippen LogP contribution in [-0.2, 0) is 36.5 Å². The number of ether oxygens (including phenoxy) is 1. The van der Waals surface area contributed by atoms with Gasteiger partial charge >= 0.3 is 29.5 Å². The number of hydrogen-bond acceptors (Lipinski definition) is 11. The van der Waals surface area contributed by atoms with E-state index in [1.165, 1.54) is 0 Å². The second kappa shape index (κ2) is 8.58. The van der Waals surface area contributed by atoms with E-state index in [0.717, 1.165) is 6.92 Å². The number of carbonyl (C=O) groups excluding carboxylic acids is 2. The molecular weight excluding hydrogens is 481 g/mol. The van der Waals surface area contributed by atoms with Crippen LogP contribution in [0.2, 0.25) is 0 Å². The molecule has 7 N–H and O–H groups in total. The molecule has 3 amide bonds. The van der Waals surface area contributed by atoms with Crippen LogP contribution >= 0.6 is 23.5 Å². The largest absolute Gasteiger partial charge is 0.528 e. The van der Waals surface area contributed by atoms with Crippen LogP contribution in [0.3, 0.4) is 0 Å². The van der Waals surface area contributed by atoms with E-state index >= 15 is 0 Å². The second-order valence-electron chi connectivity index (χ2n) is 6.07. The Labute approximate surface area is 167 Å². The highest BCUT2D eigenvalue weighted by Crippen LogP contribution is 2.67. The molecule has 0 aromatic rings. The van der Waals surface area contributed by atoms with Crippen LogP contribution in [-0.4, -0.2) is 71.4 Å². The summed E-state index contributed by atoms with van der Waals surface area (Å²) in [4.78, 5) is 60.5. The summed E-state index contributed by atoms with van der Waals surface area (Å²) in [6.07, 6.45) is -4.10. The highest BCUT2D eigenvalue weighted by Gasteiger charge is 2.60. The van der Waals surface area contributed by atoms with Gasteiger partial charge in [-0.25, -0.2) is 23.8 Å². The summed E-state index contributed by atoms with van der Waals surface area (Å²) in [6, 6.07) is -1.44. The number of urea groups is 1. The van der Waals surface area contributed by atoms with Crippen molar-refractivity contribution < 1.29 is 75.7 Å². The summed E-state index contributed by atoms with van der Waals surface area (Å²) < 4.78 is 49.8. The molecule has 2 rings (SSSR count). The summed E-state index contributed by atoms with van der Waals surface area (Å²) >= 11 is 0. The van der Waals surface area contributed by atoms with Gasteiger partial charge in [0, 0.05) is 0 Å². The third-order valence-electron chi connectivity index (χ3n) is 3.75. The van der Waals surface area contributed by atoms with Crippen LogP contribution in [0.5, 0.6) is 0 Å². The zero-order valence-corrected chi connectivity index (χ0v) is 17.6. The SMILES string of the molecule is CC1=C[N+](OP(=O)(O)OP(=O)(O)OP(=O)(O)O)([C@H]2C[C@H](O)[C@@H](CO)O2)C(=O)NC1=O. The van der Waals surface area contributed by atoms with Crippen LogP contribution in [0.25, 0.3) is 0 Å². The van der Waals surface area contributed by atoms with Crippen molar-refractivity contribution in [3.8, 4) is 0 Å². The maximum Gasteiger partial charge on any atom is 0.528 e. The first-order chi connectivity index (χ1) is 13.5. The number of carbonyl (C=O) groups is 2. The summed E-state index contributed by atoms with van der Waals surface area (Å²) in [7, 11) is -17.4. The molecule has 0 saturated carbocycles. The van der Waals surface area contributed by atoms with Crippen LogP contribution < -0.4 is 5.32 Å². The average molecular weight is 499 g/mol. The monoisotopic (exact) mass is 499 g/mol. The number of nitrogens with zero attached hydrogens (tertiary/aromatic N) is 1. The van der Waals surface area contributed by atoms with Gasteiger partial charge in [-0.2, -0.15) is 8.62 Å². The molecular formula is C10H18N2O15P3+. The van der Waals surface area contributed by atoms with Crippen molar-refractivity contribution in [3.63, 3.8) is 0 Å². The van der Waals surface area contributed by atoms with Gasteiger partial charge in [0.1, 0.15) is 6.10 Å². The van der Waals surface area contributed by atoms with Crippen molar-refractivity contribution in [1.82, 2.24) is 5.32 Å². The Hall–Kier alpha value is -0.870. The van der Waals surface area contributed by atoms with E-state index in [1.807, 2.05) is 0 Å². The Morgan fingerprint density at radius 2 is 1.77 bits per heavy atom. The Morgan fingerprint density at radius 1 is 1.17 bits per heavy atom. The maximum atomic E-state index is 12.5. The van der Waals surface area contributed by atoms with Crippen molar-refractivity contribution in [2.24, 2.45) is 0 Å². The van der Waals surface area contributed by atoms with Gasteiger partial charge < -0.3 is 29.6 Å². The zero-order valence-electron chi connectivity index (χ0n) is 14.9. The van der Waals surface area contributed by atoms with E-state index in [4.69, 9.17) is 14.5 Å². The lowest BCUT2D eigenvalue weighted by Crippen LogP contribution is -2.62. The third kappa shape index (κ3) is 5.88. The molecule has 2 aliphatic rings. The molecule has 0 aliphatic carbocycles. The molecule has 6 atom stereocenters. The number of amides is 3. The number of hydroxylamine groups is 3. The number of imide groups is 1. The Morgan fingerprint density at radius 3 is 2.27 bits per heavy atom. The van der Waals surface area contributed by atoms with E-state index < -0.39 is 71.5 Å². The first-order valence-electron chi connectivity index (χ1n) is 7.73. The number of nitrogens with one attached hydrogen (secondary N) is 1. The van der Waals surface area contributed by atoms with E-state index in [2.05, 4.69) is 13.2 Å². The minimum absolute atomic E-state index is 0.251. The number of quaternary nitrogens is 1. The predicted molar refractivity (Wildman–Crippen MR) is 88.9 cm³/mol. The number of phosphoric acid groups is 3. The number of aliphatic hydroxyl groups is 2. The zero-order chi connectivity index (χ0) is 23.1. The standard InChI is InChI=1S/C10H17N2O15P3/c1-5-3-12(10(16)11-9(5)15,8-2-6(14)7(4-13)24-8)25-29(20,21)27-30(22,23)26-28(17,18)19/h3,6-8,13-14H,2,4H2,1H3,(H4-,11,15,16,17,18,19,20,21,22,23)/p+1/t6-,7+,8+,12?/m0/s1. The highest BCUT2D eigenvalue weighted by atomic mass is 31.3. The first-order valence-corrected chi connectivity index (χ1v) is 12.3. The first kappa shape index (κ1) is 25.4. The topological polar surface area (TPSA) is 256 Å². The van der Waals surface area contributed by atoms with Gasteiger partial charge in [0.25, 0.3) is 5.91 Å². The molecule has 0 spiro atoms. The number of rotatable bonds is 8. The van der Waals surface area contributed by atoms with Crippen molar-refractivity contribution in [3.05, 3.63) is 11.8 Å². The molecule has 0 bridgehead atoms. The molecule has 1 saturated heterocycles. The van der Waals surface area contributed by atoms with Crippen molar-refractivity contribution >= 4 is 35.4 Å². The van der Waals surface area contributed by atoms with E-state index in [0.29, 0.717) is 6.20 Å². The van der Waals surface area contributed by atoms with Crippen molar-refractivity contribution in [1.29, 1.82) is 0 Å². The summed E-state index contributed by atoms with van der Waals surface area (Å²) in [5, 5.41) is 20.9. The molecule has 1 fully saturated rings. The van der Waals surface area contributed by atoms with Gasteiger partial charge in [-0.1, -0.05) is 4.62 Å². The lowest BCUT2D eigenvalue weighted by Gasteiger charge is -2.35. The molecule has 30 heavy (non-hydrogen) atoms. The highest BCUT2D eigenvalue weighted by molar-refractivity contribution is 7.66. The maximum absolute atomic E-state index is 12.5. The van der Waals surface area contributed by atoms with Gasteiger partial charge in [-0.05, 0) is 11.6 Å². The van der Waals surface area contributed by atoms with Gasteiger partial charge in [-0.15, -0.1) is 0 Å². The van der Waals surface area contributed by atoms with Crippen LogP contribution in [0, 0.1) is 0 Å². The lowest BCUT2D eigenvalue weighted by atomic mass is 10.1. The van der Waals surface area contributed by atoms with Crippen LogP contribution in [0.4, 0.5) is 4.79 Å². The molecule has 20 heteroatoms. The van der Waals surface area contributed by atoms with Crippen molar-refractivity contribution in [2.75, 3.05) is 6.61 Å². The minimum atomic E-state index is -5.90. The van der Waals surface area contributed by atoms with Gasteiger partial charge in [0.2, 0.25) is 6.23 Å². The molecule has 0 aromatic carbocycles. The van der Waals surface area contributed by atoms with E-state index in [1.54, 1.807) is 5.32 Å². The predicted octanol–water partition coefficient (Wildman–Crippen LogP) is -1.32. The molecule has 0 radical (unpaired) electrons. The Kier molecular flexibility index (Phi) is 7.26. The molecule has 3 unspecified atom stereocenters. The number of aliphatic hydroxyl groups excluding tert-OH is 2. The third-order valence-corrected chi connectivity index (χ3v) is 7.55. The molecule has 172 valence electrons. The van der Waals surface area contributed by atoms with E-state index in [-0.39, 0.29) is 5.57 Å². The lowest BCUT2D eigenvalue weighted by molar-refractivity contribution is -1.01. The average Bonchev–Trinajstić information content (AvgIpc) is 2.90. The summed E-state index contributed by atoms with van der Waals surface area (Å²) in [5.74, 6) is -0.930. The van der Waals surface area contributed by atoms with E-state index in [9.17, 15) is 43.3 Å².